The molecule has 0 N–H and O–H groups in total. The molecule has 0 amide bonds. The van der Waals surface area contributed by atoms with Gasteiger partial charge in [0.2, 0.25) is 0 Å². The van der Waals surface area contributed by atoms with E-state index in [2.05, 4.69) is 47.4 Å². The molecule has 0 bridgehead atoms. The Morgan fingerprint density at radius 2 is 2.00 bits per heavy atom. The first-order valence-electron chi connectivity index (χ1n) is 3.17. The standard InChI is InChI=1S/C8H9IS/c9-6-5-7-3-1-2-4-8(7)10/h1-4,10H,5-6H2. The van der Waals surface area contributed by atoms with Crippen LogP contribution in [0.15, 0.2) is 29.2 Å². The second-order valence-corrected chi connectivity index (χ2v) is 3.63. The van der Waals surface area contributed by atoms with Gasteiger partial charge in [-0.05, 0) is 18.1 Å². The van der Waals surface area contributed by atoms with Gasteiger partial charge in [0.1, 0.15) is 0 Å². The van der Waals surface area contributed by atoms with E-state index in [-0.39, 0.29) is 0 Å². The molecule has 2 heteroatoms. The highest BCUT2D eigenvalue weighted by Gasteiger charge is 1.93. The molecule has 0 saturated carbocycles. The summed E-state index contributed by atoms with van der Waals surface area (Å²) >= 11 is 6.70. The summed E-state index contributed by atoms with van der Waals surface area (Å²) in [4.78, 5) is 1.11. The van der Waals surface area contributed by atoms with Crippen molar-refractivity contribution in [2.75, 3.05) is 4.43 Å². The van der Waals surface area contributed by atoms with Crippen LogP contribution in [0.25, 0.3) is 0 Å². The zero-order valence-corrected chi connectivity index (χ0v) is 8.60. The first-order chi connectivity index (χ1) is 4.84. The third kappa shape index (κ3) is 2.16. The summed E-state index contributed by atoms with van der Waals surface area (Å²) in [5.41, 5.74) is 1.35. The van der Waals surface area contributed by atoms with Crippen LogP contribution in [0.3, 0.4) is 0 Å². The van der Waals surface area contributed by atoms with E-state index in [0.717, 1.165) is 15.7 Å². The van der Waals surface area contributed by atoms with Crippen molar-refractivity contribution in [3.05, 3.63) is 29.8 Å². The van der Waals surface area contributed by atoms with Gasteiger partial charge in [-0.2, -0.15) is 0 Å². The maximum Gasteiger partial charge on any atom is 0.00723 e. The first kappa shape index (κ1) is 8.40. The molecular formula is C8H9IS. The van der Waals surface area contributed by atoms with Crippen LogP contribution in [0.1, 0.15) is 5.56 Å². The third-order valence-electron chi connectivity index (χ3n) is 1.36. The van der Waals surface area contributed by atoms with Gasteiger partial charge < -0.3 is 0 Å². The van der Waals surface area contributed by atoms with Crippen LogP contribution >= 0.6 is 35.2 Å². The van der Waals surface area contributed by atoms with Gasteiger partial charge in [-0.15, -0.1) is 12.6 Å². The zero-order valence-electron chi connectivity index (χ0n) is 5.55. The Hall–Kier alpha value is 0.300. The zero-order chi connectivity index (χ0) is 7.40. The predicted molar refractivity (Wildman–Crippen MR) is 56.3 cm³/mol. The Morgan fingerprint density at radius 1 is 1.30 bits per heavy atom. The lowest BCUT2D eigenvalue weighted by Gasteiger charge is -1.99. The van der Waals surface area contributed by atoms with Crippen molar-refractivity contribution in [3.63, 3.8) is 0 Å². The summed E-state index contributed by atoms with van der Waals surface area (Å²) in [6.07, 6.45) is 1.13. The van der Waals surface area contributed by atoms with Crippen molar-refractivity contribution in [1.29, 1.82) is 0 Å². The van der Waals surface area contributed by atoms with Crippen molar-refractivity contribution in [1.82, 2.24) is 0 Å². The van der Waals surface area contributed by atoms with Gasteiger partial charge in [0, 0.05) is 9.32 Å². The molecule has 10 heavy (non-hydrogen) atoms. The number of benzene rings is 1. The summed E-state index contributed by atoms with van der Waals surface area (Å²) in [6, 6.07) is 8.23. The highest BCUT2D eigenvalue weighted by atomic mass is 127. The topological polar surface area (TPSA) is 0 Å². The summed E-state index contributed by atoms with van der Waals surface area (Å²) in [7, 11) is 0. The molecule has 0 radical (unpaired) electrons. The molecular weight excluding hydrogens is 255 g/mol. The van der Waals surface area contributed by atoms with Crippen molar-refractivity contribution >= 4 is 35.2 Å². The molecule has 0 spiro atoms. The Morgan fingerprint density at radius 3 is 2.60 bits per heavy atom. The van der Waals surface area contributed by atoms with Gasteiger partial charge in [0.15, 0.2) is 0 Å². The third-order valence-corrected chi connectivity index (χ3v) is 2.33. The molecule has 0 atom stereocenters. The van der Waals surface area contributed by atoms with Crippen molar-refractivity contribution in [2.24, 2.45) is 0 Å². The maximum absolute atomic E-state index is 4.33. The van der Waals surface area contributed by atoms with E-state index in [0.29, 0.717) is 0 Å². The molecule has 1 rings (SSSR count). The molecule has 1 aromatic carbocycles. The highest BCUT2D eigenvalue weighted by Crippen LogP contribution is 2.13. The SMILES string of the molecule is Sc1ccccc1CCI. The molecule has 0 heterocycles. The van der Waals surface area contributed by atoms with Crippen molar-refractivity contribution in [3.8, 4) is 0 Å². The van der Waals surface area contributed by atoms with Gasteiger partial charge in [-0.1, -0.05) is 40.8 Å². The van der Waals surface area contributed by atoms with E-state index in [1.165, 1.54) is 5.56 Å². The number of hydrogen-bond acceptors (Lipinski definition) is 1. The fourth-order valence-electron chi connectivity index (χ4n) is 0.824. The second-order valence-electron chi connectivity index (χ2n) is 2.07. The smallest absolute Gasteiger partial charge is 0.00723 e. The lowest BCUT2D eigenvalue weighted by atomic mass is 10.2. The van der Waals surface area contributed by atoms with Gasteiger partial charge in [0.25, 0.3) is 0 Å². The van der Waals surface area contributed by atoms with Crippen LogP contribution in [-0.2, 0) is 6.42 Å². The maximum atomic E-state index is 4.33. The number of thiol groups is 1. The molecule has 0 aromatic heterocycles. The Kier molecular flexibility index (Phi) is 3.56. The van der Waals surface area contributed by atoms with Crippen LogP contribution in [0.2, 0.25) is 0 Å². The molecule has 0 unspecified atom stereocenters. The first-order valence-corrected chi connectivity index (χ1v) is 5.14. The van der Waals surface area contributed by atoms with E-state index < -0.39 is 0 Å². The van der Waals surface area contributed by atoms with E-state index >= 15 is 0 Å². The van der Waals surface area contributed by atoms with E-state index in [4.69, 9.17) is 0 Å². The van der Waals surface area contributed by atoms with Crippen LogP contribution in [0.5, 0.6) is 0 Å². The van der Waals surface area contributed by atoms with E-state index in [1.807, 2.05) is 12.1 Å². The van der Waals surface area contributed by atoms with Gasteiger partial charge in [-0.25, -0.2) is 0 Å². The number of halogens is 1. The molecule has 0 fully saturated rings. The molecule has 0 aliphatic rings. The fraction of sp³-hybridized carbons (Fsp3) is 0.250. The Bertz CT molecular complexity index is 210. The quantitative estimate of drug-likeness (QED) is 0.474. The Labute approximate surface area is 80.6 Å². The summed E-state index contributed by atoms with van der Waals surface area (Å²) in [6.45, 7) is 0. The lowest BCUT2D eigenvalue weighted by molar-refractivity contribution is 1.12. The summed E-state index contributed by atoms with van der Waals surface area (Å²) in [5.74, 6) is 0. The molecule has 0 saturated heterocycles. The molecule has 1 aromatic rings. The van der Waals surface area contributed by atoms with Crippen LogP contribution in [0, 0.1) is 0 Å². The van der Waals surface area contributed by atoms with Gasteiger partial charge >= 0.3 is 0 Å². The molecule has 0 aliphatic carbocycles. The van der Waals surface area contributed by atoms with Crippen molar-refractivity contribution < 1.29 is 0 Å². The number of alkyl halides is 1. The monoisotopic (exact) mass is 264 g/mol. The summed E-state index contributed by atoms with van der Waals surface area (Å²) in [5, 5.41) is 0. The van der Waals surface area contributed by atoms with E-state index in [1.54, 1.807) is 0 Å². The van der Waals surface area contributed by atoms with Crippen LogP contribution < -0.4 is 0 Å². The number of hydrogen-bond donors (Lipinski definition) is 1. The minimum Gasteiger partial charge on any atom is -0.143 e. The van der Waals surface area contributed by atoms with E-state index in [9.17, 15) is 0 Å². The predicted octanol–water partition coefficient (Wildman–Crippen LogP) is 2.95. The lowest BCUT2D eigenvalue weighted by Crippen LogP contribution is -1.85. The molecule has 54 valence electrons. The molecule has 0 nitrogen and oxygen atoms in total. The van der Waals surface area contributed by atoms with Gasteiger partial charge in [-0.3, -0.25) is 0 Å². The highest BCUT2D eigenvalue weighted by molar-refractivity contribution is 14.1. The van der Waals surface area contributed by atoms with Crippen LogP contribution in [-0.4, -0.2) is 4.43 Å². The fourth-order valence-corrected chi connectivity index (χ4v) is 1.68. The van der Waals surface area contributed by atoms with Crippen molar-refractivity contribution in [2.45, 2.75) is 11.3 Å². The minimum atomic E-state index is 1.11. The average molecular weight is 264 g/mol. The minimum absolute atomic E-state index is 1.11. The number of aryl methyl sites for hydroxylation is 1. The normalized spacial score (nSPS) is 9.80. The largest absolute Gasteiger partial charge is 0.143 e. The number of rotatable bonds is 2. The molecule has 0 aliphatic heterocycles. The second kappa shape index (κ2) is 4.23. The average Bonchev–Trinajstić information content (AvgIpc) is 1.94. The summed E-state index contributed by atoms with van der Waals surface area (Å²) < 4.78 is 1.16. The van der Waals surface area contributed by atoms with Gasteiger partial charge in [0.05, 0.1) is 0 Å². The van der Waals surface area contributed by atoms with Crippen LogP contribution in [0.4, 0.5) is 0 Å². The Balaban J connectivity index is 2.81.